The lowest BCUT2D eigenvalue weighted by molar-refractivity contribution is -0.127. The van der Waals surface area contributed by atoms with Gasteiger partial charge in [-0.15, -0.1) is 0 Å². The van der Waals surface area contributed by atoms with Gasteiger partial charge in [-0.05, 0) is 75.3 Å². The van der Waals surface area contributed by atoms with Crippen molar-refractivity contribution in [3.05, 3.63) is 35.4 Å². The molecule has 0 heterocycles. The van der Waals surface area contributed by atoms with E-state index in [2.05, 4.69) is 36.5 Å². The summed E-state index contributed by atoms with van der Waals surface area (Å²) < 4.78 is 0. The molecule has 2 aliphatic rings. The Labute approximate surface area is 139 Å². The Bertz CT molecular complexity index is 526. The first-order chi connectivity index (χ1) is 11.1. The minimum atomic E-state index is -0.160. The van der Waals surface area contributed by atoms with Gasteiger partial charge >= 0.3 is 0 Å². The van der Waals surface area contributed by atoms with Crippen LogP contribution in [0, 0.1) is 12.8 Å². The van der Waals surface area contributed by atoms with Crippen LogP contribution in [0.15, 0.2) is 24.3 Å². The number of rotatable bonds is 3. The van der Waals surface area contributed by atoms with Crippen LogP contribution in [0.25, 0.3) is 0 Å². The predicted molar refractivity (Wildman–Crippen MR) is 92.3 cm³/mol. The molecule has 0 saturated heterocycles. The zero-order valence-electron chi connectivity index (χ0n) is 14.1. The second kappa shape index (κ2) is 7.48. The second-order valence-corrected chi connectivity index (χ2v) is 7.42. The number of hydrogen-bond donors (Lipinski definition) is 2. The quantitative estimate of drug-likeness (QED) is 0.894. The number of nitrogens with one attached hydrogen (secondary N) is 1. The van der Waals surface area contributed by atoms with Gasteiger partial charge in [0.1, 0.15) is 0 Å². The van der Waals surface area contributed by atoms with Crippen molar-refractivity contribution in [3.63, 3.8) is 0 Å². The van der Waals surface area contributed by atoms with Crippen LogP contribution in [0.3, 0.4) is 0 Å². The van der Waals surface area contributed by atoms with Crippen LogP contribution in [0.4, 0.5) is 0 Å². The first-order valence-electron chi connectivity index (χ1n) is 9.17. The van der Waals surface area contributed by atoms with E-state index in [1.165, 1.54) is 11.1 Å². The van der Waals surface area contributed by atoms with E-state index in [1.54, 1.807) is 0 Å². The largest absolute Gasteiger partial charge is 0.393 e. The molecule has 23 heavy (non-hydrogen) atoms. The molecule has 0 bridgehead atoms. The summed E-state index contributed by atoms with van der Waals surface area (Å²) in [6.45, 7) is 2.19. The van der Waals surface area contributed by atoms with Crippen molar-refractivity contribution in [2.45, 2.75) is 76.4 Å². The second-order valence-electron chi connectivity index (χ2n) is 7.42. The lowest BCUT2D eigenvalue weighted by Crippen LogP contribution is -2.42. The third-order valence-corrected chi connectivity index (χ3v) is 5.77. The Kier molecular flexibility index (Phi) is 5.37. The monoisotopic (exact) mass is 315 g/mol. The normalized spacial score (nSPS) is 31.6. The summed E-state index contributed by atoms with van der Waals surface area (Å²) in [4.78, 5) is 12.5. The van der Waals surface area contributed by atoms with Crippen molar-refractivity contribution in [2.24, 2.45) is 5.92 Å². The van der Waals surface area contributed by atoms with Gasteiger partial charge in [-0.2, -0.15) is 0 Å². The summed E-state index contributed by atoms with van der Waals surface area (Å²) in [7, 11) is 0. The Balaban J connectivity index is 1.49. The summed E-state index contributed by atoms with van der Waals surface area (Å²) in [6, 6.07) is 8.93. The van der Waals surface area contributed by atoms with Gasteiger partial charge in [-0.3, -0.25) is 4.79 Å². The molecule has 2 saturated carbocycles. The van der Waals surface area contributed by atoms with Crippen LogP contribution in [-0.2, 0) is 4.79 Å². The molecule has 0 spiro atoms. The Morgan fingerprint density at radius 1 is 1.00 bits per heavy atom. The van der Waals surface area contributed by atoms with Crippen LogP contribution >= 0.6 is 0 Å². The molecule has 1 aromatic carbocycles. The van der Waals surface area contributed by atoms with E-state index in [0.717, 1.165) is 51.4 Å². The fraction of sp³-hybridized carbons (Fsp3) is 0.650. The first kappa shape index (κ1) is 16.5. The summed E-state index contributed by atoms with van der Waals surface area (Å²) in [5.74, 6) is 1.04. The van der Waals surface area contributed by atoms with Crippen molar-refractivity contribution >= 4 is 5.91 Å². The minimum absolute atomic E-state index is 0.160. The van der Waals surface area contributed by atoms with Crippen LogP contribution in [0.5, 0.6) is 0 Å². The lowest BCUT2D eigenvalue weighted by Gasteiger charge is -2.31. The minimum Gasteiger partial charge on any atom is -0.393 e. The topological polar surface area (TPSA) is 49.3 Å². The Morgan fingerprint density at radius 3 is 2.30 bits per heavy atom. The van der Waals surface area contributed by atoms with Gasteiger partial charge in [-0.25, -0.2) is 0 Å². The number of carbonyl (C=O) groups is 1. The van der Waals surface area contributed by atoms with Crippen molar-refractivity contribution in [2.75, 3.05) is 0 Å². The molecule has 3 nitrogen and oxygen atoms in total. The molecule has 3 rings (SSSR count). The third-order valence-electron chi connectivity index (χ3n) is 5.77. The molecular formula is C20H29NO2. The van der Waals surface area contributed by atoms with E-state index in [4.69, 9.17) is 0 Å². The van der Waals surface area contributed by atoms with Crippen LogP contribution in [0.1, 0.15) is 68.4 Å². The van der Waals surface area contributed by atoms with Gasteiger partial charge < -0.3 is 10.4 Å². The SMILES string of the molecule is Cc1ccccc1C1CCC(C(=O)N[C@H]2CC[C@@H](O)CC2)CC1. The maximum atomic E-state index is 12.5. The zero-order valence-corrected chi connectivity index (χ0v) is 14.1. The number of aliphatic hydroxyl groups is 1. The number of carbonyl (C=O) groups excluding carboxylic acids is 1. The number of amides is 1. The fourth-order valence-corrected chi connectivity index (χ4v) is 4.25. The van der Waals surface area contributed by atoms with Gasteiger partial charge in [0, 0.05) is 12.0 Å². The highest BCUT2D eigenvalue weighted by molar-refractivity contribution is 5.79. The van der Waals surface area contributed by atoms with Gasteiger partial charge in [0.25, 0.3) is 0 Å². The molecule has 2 fully saturated rings. The van der Waals surface area contributed by atoms with Crippen molar-refractivity contribution < 1.29 is 9.90 Å². The smallest absolute Gasteiger partial charge is 0.223 e. The molecule has 2 N–H and O–H groups in total. The predicted octanol–water partition coefficient (Wildman–Crippen LogP) is 3.69. The van der Waals surface area contributed by atoms with Crippen LogP contribution in [-0.4, -0.2) is 23.2 Å². The van der Waals surface area contributed by atoms with Crippen LogP contribution < -0.4 is 5.32 Å². The van der Waals surface area contributed by atoms with Crippen molar-refractivity contribution in [1.29, 1.82) is 0 Å². The highest BCUT2D eigenvalue weighted by Crippen LogP contribution is 2.37. The standard InChI is InChI=1S/C20H29NO2/c1-14-4-2-3-5-19(14)15-6-8-16(9-7-15)20(23)21-17-10-12-18(22)13-11-17/h2-5,15-18,22H,6-13H2,1H3,(H,21,23)/t15?,16?,17-,18+. The molecule has 0 aliphatic heterocycles. The maximum Gasteiger partial charge on any atom is 0.223 e. The molecule has 1 aromatic rings. The molecule has 1 amide bonds. The van der Waals surface area contributed by atoms with E-state index < -0.39 is 0 Å². The van der Waals surface area contributed by atoms with E-state index in [1.807, 2.05) is 0 Å². The molecule has 2 aliphatic carbocycles. The van der Waals surface area contributed by atoms with E-state index >= 15 is 0 Å². The number of aryl methyl sites for hydroxylation is 1. The number of hydrogen-bond acceptors (Lipinski definition) is 2. The summed E-state index contributed by atoms with van der Waals surface area (Å²) in [6.07, 6.45) is 7.57. The molecule has 0 aromatic heterocycles. The molecule has 126 valence electrons. The Hall–Kier alpha value is -1.35. The summed E-state index contributed by atoms with van der Waals surface area (Å²) in [5.41, 5.74) is 2.84. The maximum absolute atomic E-state index is 12.5. The average molecular weight is 315 g/mol. The zero-order chi connectivity index (χ0) is 16.2. The highest BCUT2D eigenvalue weighted by Gasteiger charge is 2.29. The summed E-state index contributed by atoms with van der Waals surface area (Å²) >= 11 is 0. The third kappa shape index (κ3) is 4.14. The number of benzene rings is 1. The molecule has 3 heteroatoms. The lowest BCUT2D eigenvalue weighted by atomic mass is 9.77. The van der Waals surface area contributed by atoms with Gasteiger partial charge in [0.2, 0.25) is 5.91 Å². The number of aliphatic hydroxyl groups excluding tert-OH is 1. The van der Waals surface area contributed by atoms with Gasteiger partial charge in [0.05, 0.1) is 6.10 Å². The molecule has 0 atom stereocenters. The van der Waals surface area contributed by atoms with Crippen molar-refractivity contribution in [1.82, 2.24) is 5.32 Å². The summed E-state index contributed by atoms with van der Waals surface area (Å²) in [5, 5.41) is 12.8. The first-order valence-corrected chi connectivity index (χ1v) is 9.17. The Morgan fingerprint density at radius 2 is 1.65 bits per heavy atom. The van der Waals surface area contributed by atoms with Crippen LogP contribution in [0.2, 0.25) is 0 Å². The average Bonchev–Trinajstić information content (AvgIpc) is 2.57. The van der Waals surface area contributed by atoms with Gasteiger partial charge in [-0.1, -0.05) is 24.3 Å². The molecule has 0 unspecified atom stereocenters. The van der Waals surface area contributed by atoms with E-state index in [0.29, 0.717) is 5.92 Å². The van der Waals surface area contributed by atoms with E-state index in [9.17, 15) is 9.90 Å². The molecular weight excluding hydrogens is 286 g/mol. The van der Waals surface area contributed by atoms with Gasteiger partial charge in [0.15, 0.2) is 0 Å². The highest BCUT2D eigenvalue weighted by atomic mass is 16.3. The molecule has 0 radical (unpaired) electrons. The van der Waals surface area contributed by atoms with E-state index in [-0.39, 0.29) is 24.0 Å². The van der Waals surface area contributed by atoms with Crippen molar-refractivity contribution in [3.8, 4) is 0 Å². The fourth-order valence-electron chi connectivity index (χ4n) is 4.25.